The summed E-state index contributed by atoms with van der Waals surface area (Å²) in [5.41, 5.74) is 4.13. The van der Waals surface area contributed by atoms with Crippen LogP contribution in [0.25, 0.3) is 5.82 Å². The van der Waals surface area contributed by atoms with Gasteiger partial charge < -0.3 is 15.4 Å². The minimum atomic E-state index is -0.439. The van der Waals surface area contributed by atoms with Gasteiger partial charge in [0.05, 0.1) is 5.69 Å². The van der Waals surface area contributed by atoms with Crippen LogP contribution in [-0.4, -0.2) is 26.0 Å². The van der Waals surface area contributed by atoms with Gasteiger partial charge in [-0.1, -0.05) is 0 Å². The van der Waals surface area contributed by atoms with Crippen LogP contribution in [0.1, 0.15) is 17.0 Å². The van der Waals surface area contributed by atoms with Gasteiger partial charge >= 0.3 is 6.03 Å². The Bertz CT molecular complexity index is 1240. The number of urea groups is 1. The number of benzene rings is 2. The maximum Gasteiger partial charge on any atom is 0.323 e. The molecule has 0 saturated carbocycles. The molecule has 2 N–H and O–H groups in total. The van der Waals surface area contributed by atoms with Gasteiger partial charge in [0.2, 0.25) is 5.88 Å². The number of aryl methyl sites for hydroxylation is 1. The molecule has 2 amide bonds. The van der Waals surface area contributed by atoms with Crippen LogP contribution in [0.15, 0.2) is 60.7 Å². The second kappa shape index (κ2) is 8.84. The maximum absolute atomic E-state index is 12.9. The molecule has 162 valence electrons. The predicted molar refractivity (Wildman–Crippen MR) is 119 cm³/mol. The second-order valence-electron chi connectivity index (χ2n) is 7.15. The van der Waals surface area contributed by atoms with Crippen molar-refractivity contribution in [2.75, 3.05) is 10.6 Å². The highest BCUT2D eigenvalue weighted by Crippen LogP contribution is 2.22. The largest absolute Gasteiger partial charge is 0.438 e. The summed E-state index contributed by atoms with van der Waals surface area (Å²) >= 11 is 0. The van der Waals surface area contributed by atoms with Gasteiger partial charge in [-0.25, -0.2) is 13.9 Å². The van der Waals surface area contributed by atoms with E-state index in [4.69, 9.17) is 4.74 Å². The normalized spacial score (nSPS) is 10.6. The summed E-state index contributed by atoms with van der Waals surface area (Å²) in [6.45, 7) is 5.95. The molecule has 0 unspecified atom stereocenters. The van der Waals surface area contributed by atoms with E-state index in [9.17, 15) is 9.18 Å². The number of aromatic nitrogens is 4. The average Bonchev–Trinajstić information content (AvgIpc) is 3.04. The molecular formula is C23H21FN6O2. The molecule has 0 saturated heterocycles. The molecule has 4 aromatic rings. The number of nitrogens with one attached hydrogen (secondary N) is 2. The summed E-state index contributed by atoms with van der Waals surface area (Å²) < 4.78 is 20.4. The number of hydrogen-bond acceptors (Lipinski definition) is 5. The van der Waals surface area contributed by atoms with Crippen LogP contribution in [0.3, 0.4) is 0 Å². The highest BCUT2D eigenvalue weighted by atomic mass is 19.1. The Labute approximate surface area is 184 Å². The van der Waals surface area contributed by atoms with E-state index in [1.807, 2.05) is 20.8 Å². The number of halogens is 1. The van der Waals surface area contributed by atoms with Gasteiger partial charge in [-0.05, 0) is 80.9 Å². The quantitative estimate of drug-likeness (QED) is 0.454. The molecule has 2 aromatic carbocycles. The number of hydrogen-bond donors (Lipinski definition) is 2. The van der Waals surface area contributed by atoms with Crippen molar-refractivity contribution in [1.82, 2.24) is 20.0 Å². The fourth-order valence-corrected chi connectivity index (χ4v) is 2.98. The van der Waals surface area contributed by atoms with Gasteiger partial charge in [0, 0.05) is 23.1 Å². The van der Waals surface area contributed by atoms with E-state index >= 15 is 0 Å². The SMILES string of the molecule is Cc1nn(-c2ccc(Oc3ccc(NC(=O)Nc4ccc(F)cc4)cc3)nn2)c(C)c1C. The fraction of sp³-hybridized carbons (Fsp3) is 0.130. The average molecular weight is 432 g/mol. The maximum atomic E-state index is 12.9. The zero-order valence-corrected chi connectivity index (χ0v) is 17.8. The molecule has 2 heterocycles. The summed E-state index contributed by atoms with van der Waals surface area (Å²) in [4.78, 5) is 12.1. The molecule has 0 aliphatic rings. The van der Waals surface area contributed by atoms with Crippen molar-refractivity contribution < 1.29 is 13.9 Å². The third-order valence-corrected chi connectivity index (χ3v) is 4.93. The molecule has 4 rings (SSSR count). The van der Waals surface area contributed by atoms with E-state index in [1.54, 1.807) is 41.1 Å². The first-order valence-corrected chi connectivity index (χ1v) is 9.87. The highest BCUT2D eigenvalue weighted by molar-refractivity contribution is 5.99. The number of anilines is 2. The Balaban J connectivity index is 1.36. The lowest BCUT2D eigenvalue weighted by Crippen LogP contribution is -2.19. The summed E-state index contributed by atoms with van der Waals surface area (Å²) in [7, 11) is 0. The Morgan fingerprint density at radius 3 is 2.03 bits per heavy atom. The van der Waals surface area contributed by atoms with E-state index in [0.29, 0.717) is 28.8 Å². The van der Waals surface area contributed by atoms with Crippen LogP contribution in [0.5, 0.6) is 11.6 Å². The van der Waals surface area contributed by atoms with Gasteiger partial charge in [0.25, 0.3) is 0 Å². The van der Waals surface area contributed by atoms with Gasteiger partial charge in [-0.15, -0.1) is 10.2 Å². The van der Waals surface area contributed by atoms with Gasteiger partial charge in [0.1, 0.15) is 11.6 Å². The van der Waals surface area contributed by atoms with Gasteiger partial charge in [0.15, 0.2) is 5.82 Å². The van der Waals surface area contributed by atoms with Crippen LogP contribution in [0.2, 0.25) is 0 Å². The molecule has 8 nitrogen and oxygen atoms in total. The van der Waals surface area contributed by atoms with Crippen LogP contribution < -0.4 is 15.4 Å². The minimum Gasteiger partial charge on any atom is -0.438 e. The molecular weight excluding hydrogens is 411 g/mol. The Kier molecular flexibility index (Phi) is 5.80. The Morgan fingerprint density at radius 1 is 0.875 bits per heavy atom. The lowest BCUT2D eigenvalue weighted by molar-refractivity contribution is 0.262. The van der Waals surface area contributed by atoms with E-state index in [-0.39, 0.29) is 5.82 Å². The third kappa shape index (κ3) is 4.72. The monoisotopic (exact) mass is 432 g/mol. The molecule has 0 fully saturated rings. The van der Waals surface area contributed by atoms with E-state index in [2.05, 4.69) is 25.9 Å². The van der Waals surface area contributed by atoms with Crippen molar-refractivity contribution >= 4 is 17.4 Å². The number of amides is 2. The number of ether oxygens (including phenoxy) is 1. The van der Waals surface area contributed by atoms with E-state index in [0.717, 1.165) is 17.0 Å². The molecule has 0 aliphatic heterocycles. The molecule has 0 radical (unpaired) electrons. The van der Waals surface area contributed by atoms with Crippen LogP contribution in [-0.2, 0) is 0 Å². The first kappa shape index (κ1) is 21.0. The summed E-state index contributed by atoms with van der Waals surface area (Å²) in [6, 6.07) is 15.4. The first-order chi connectivity index (χ1) is 15.4. The standard InChI is InChI=1S/C23H21FN6O2/c1-14-15(2)29-30(16(14)3)21-12-13-22(28-27-21)32-20-10-8-19(9-11-20)26-23(31)25-18-6-4-17(24)5-7-18/h4-13H,1-3H3,(H2,25,26,31). The molecule has 0 bridgehead atoms. The zero-order chi connectivity index (χ0) is 22.7. The molecule has 32 heavy (non-hydrogen) atoms. The lowest BCUT2D eigenvalue weighted by Gasteiger charge is -2.09. The summed E-state index contributed by atoms with van der Waals surface area (Å²) in [5.74, 6) is 1.12. The van der Waals surface area contributed by atoms with Crippen LogP contribution in [0, 0.1) is 26.6 Å². The highest BCUT2D eigenvalue weighted by Gasteiger charge is 2.11. The van der Waals surface area contributed by atoms with Crippen LogP contribution in [0.4, 0.5) is 20.6 Å². The van der Waals surface area contributed by atoms with E-state index < -0.39 is 6.03 Å². The van der Waals surface area contributed by atoms with Crippen molar-refractivity contribution in [3.05, 3.63) is 83.4 Å². The number of carbonyl (C=O) groups is 1. The number of carbonyl (C=O) groups excluding carboxylic acids is 1. The predicted octanol–water partition coefficient (Wildman–Crippen LogP) is 5.16. The first-order valence-electron chi connectivity index (χ1n) is 9.87. The molecule has 0 atom stereocenters. The molecule has 9 heteroatoms. The fourth-order valence-electron chi connectivity index (χ4n) is 2.98. The molecule has 0 aliphatic carbocycles. The van der Waals surface area contributed by atoms with Crippen molar-refractivity contribution in [1.29, 1.82) is 0 Å². The molecule has 0 spiro atoms. The zero-order valence-electron chi connectivity index (χ0n) is 17.8. The second-order valence-corrected chi connectivity index (χ2v) is 7.15. The van der Waals surface area contributed by atoms with Gasteiger partial charge in [-0.3, -0.25) is 0 Å². The van der Waals surface area contributed by atoms with Crippen LogP contribution >= 0.6 is 0 Å². The van der Waals surface area contributed by atoms with Gasteiger partial charge in [-0.2, -0.15) is 5.10 Å². The number of rotatable bonds is 5. The lowest BCUT2D eigenvalue weighted by atomic mass is 10.2. The van der Waals surface area contributed by atoms with E-state index in [1.165, 1.54) is 24.3 Å². The summed E-state index contributed by atoms with van der Waals surface area (Å²) in [5, 5.41) is 18.1. The summed E-state index contributed by atoms with van der Waals surface area (Å²) in [6.07, 6.45) is 0. The van der Waals surface area contributed by atoms with Crippen molar-refractivity contribution in [2.45, 2.75) is 20.8 Å². The molecule has 2 aromatic heterocycles. The Hall–Kier alpha value is -4.27. The Morgan fingerprint density at radius 2 is 1.50 bits per heavy atom. The smallest absolute Gasteiger partial charge is 0.323 e. The van der Waals surface area contributed by atoms with Crippen molar-refractivity contribution in [2.24, 2.45) is 0 Å². The minimum absolute atomic E-state index is 0.335. The third-order valence-electron chi connectivity index (χ3n) is 4.93. The van der Waals surface area contributed by atoms with Crippen molar-refractivity contribution in [3.63, 3.8) is 0 Å². The number of nitrogens with zero attached hydrogens (tertiary/aromatic N) is 4. The van der Waals surface area contributed by atoms with Crippen molar-refractivity contribution in [3.8, 4) is 17.4 Å². The topological polar surface area (TPSA) is 94.0 Å².